The third-order valence-corrected chi connectivity index (χ3v) is 6.16. The minimum Gasteiger partial charge on any atom is -0.465 e. The fourth-order valence-corrected chi connectivity index (χ4v) is 4.90. The molecule has 1 aliphatic heterocycles. The quantitative estimate of drug-likeness (QED) is 0.484. The molecule has 3 aromatic heterocycles. The zero-order valence-electron chi connectivity index (χ0n) is 17.6. The van der Waals surface area contributed by atoms with E-state index in [0.29, 0.717) is 18.3 Å². The molecule has 0 spiro atoms. The summed E-state index contributed by atoms with van der Waals surface area (Å²) in [5, 5.41) is 18.3. The number of aromatic nitrogens is 4. The summed E-state index contributed by atoms with van der Waals surface area (Å²) in [7, 11) is 0. The molecule has 9 nitrogen and oxygen atoms in total. The standard InChI is InChI=1S/C20H27N7O2S/c1-11-10-14(30-26-11)23-18-24-16-12(7-8-21-16)17(25-18)22-13-6-5-9-27(19(28)29)15(13)20(2,3)4/h7-8,10,13,15H,5-6,9H2,1-4H3,(H,28,29)(H3,21,22,23,24,25). The summed E-state index contributed by atoms with van der Waals surface area (Å²) in [4.78, 5) is 25.9. The van der Waals surface area contributed by atoms with Crippen molar-refractivity contribution in [2.45, 2.75) is 52.6 Å². The molecule has 30 heavy (non-hydrogen) atoms. The molecule has 10 heteroatoms. The van der Waals surface area contributed by atoms with E-state index in [-0.39, 0.29) is 17.5 Å². The Morgan fingerprint density at radius 1 is 1.37 bits per heavy atom. The molecule has 2 unspecified atom stereocenters. The Morgan fingerprint density at radius 2 is 2.17 bits per heavy atom. The third-order valence-electron chi connectivity index (χ3n) is 5.36. The molecule has 4 N–H and O–H groups in total. The molecule has 0 radical (unpaired) electrons. The first-order valence-corrected chi connectivity index (χ1v) is 10.8. The van der Waals surface area contributed by atoms with E-state index in [1.54, 1.807) is 4.90 Å². The summed E-state index contributed by atoms with van der Waals surface area (Å²) in [6.45, 7) is 8.74. The van der Waals surface area contributed by atoms with Crippen LogP contribution in [0.2, 0.25) is 0 Å². The minimum absolute atomic E-state index is 0.0543. The molecule has 1 fully saturated rings. The first-order valence-electron chi connectivity index (χ1n) is 10.0. The van der Waals surface area contributed by atoms with Crippen LogP contribution in [0.15, 0.2) is 18.3 Å². The minimum atomic E-state index is -0.876. The lowest BCUT2D eigenvalue weighted by Gasteiger charge is -2.47. The maximum atomic E-state index is 11.9. The molecule has 4 rings (SSSR count). The third kappa shape index (κ3) is 4.04. The van der Waals surface area contributed by atoms with Crippen LogP contribution in [0.1, 0.15) is 39.3 Å². The van der Waals surface area contributed by atoms with Crippen LogP contribution >= 0.6 is 11.5 Å². The highest BCUT2D eigenvalue weighted by molar-refractivity contribution is 7.10. The van der Waals surface area contributed by atoms with E-state index in [9.17, 15) is 9.90 Å². The number of hydrogen-bond acceptors (Lipinski definition) is 7. The Kier molecular flexibility index (Phi) is 5.27. The monoisotopic (exact) mass is 429 g/mol. The molecule has 1 amide bonds. The van der Waals surface area contributed by atoms with E-state index in [0.717, 1.165) is 34.6 Å². The number of amides is 1. The average molecular weight is 430 g/mol. The van der Waals surface area contributed by atoms with Gasteiger partial charge in [0.05, 0.1) is 17.1 Å². The average Bonchev–Trinajstić information content (AvgIpc) is 3.29. The molecule has 0 aliphatic carbocycles. The van der Waals surface area contributed by atoms with Gasteiger partial charge in [-0.1, -0.05) is 20.8 Å². The zero-order chi connectivity index (χ0) is 21.5. The van der Waals surface area contributed by atoms with Crippen molar-refractivity contribution < 1.29 is 9.90 Å². The van der Waals surface area contributed by atoms with Crippen LogP contribution < -0.4 is 10.6 Å². The lowest BCUT2D eigenvalue weighted by molar-refractivity contribution is 0.0519. The molecule has 0 bridgehead atoms. The second-order valence-corrected chi connectivity index (χ2v) is 9.58. The zero-order valence-corrected chi connectivity index (χ0v) is 18.4. The summed E-state index contributed by atoms with van der Waals surface area (Å²) >= 11 is 1.36. The highest BCUT2D eigenvalue weighted by Crippen LogP contribution is 2.35. The summed E-state index contributed by atoms with van der Waals surface area (Å²) < 4.78 is 4.28. The van der Waals surface area contributed by atoms with Crippen molar-refractivity contribution in [2.24, 2.45) is 5.41 Å². The summed E-state index contributed by atoms with van der Waals surface area (Å²) in [5.41, 5.74) is 1.43. The van der Waals surface area contributed by atoms with E-state index >= 15 is 0 Å². The Balaban J connectivity index is 1.68. The van der Waals surface area contributed by atoms with Crippen LogP contribution in [0, 0.1) is 12.3 Å². The normalized spacial score (nSPS) is 19.8. The number of carboxylic acid groups (broad SMARTS) is 1. The van der Waals surface area contributed by atoms with Gasteiger partial charge in [-0.2, -0.15) is 14.3 Å². The van der Waals surface area contributed by atoms with Gasteiger partial charge < -0.3 is 25.6 Å². The van der Waals surface area contributed by atoms with Gasteiger partial charge in [0.1, 0.15) is 16.5 Å². The second-order valence-electron chi connectivity index (χ2n) is 8.77. The summed E-state index contributed by atoms with van der Waals surface area (Å²) in [6, 6.07) is 3.65. The van der Waals surface area contributed by atoms with E-state index in [1.807, 2.05) is 25.3 Å². The predicted molar refractivity (Wildman–Crippen MR) is 119 cm³/mol. The van der Waals surface area contributed by atoms with Crippen molar-refractivity contribution in [1.82, 2.24) is 24.2 Å². The van der Waals surface area contributed by atoms with Crippen molar-refractivity contribution in [3.05, 3.63) is 24.0 Å². The van der Waals surface area contributed by atoms with E-state index in [4.69, 9.17) is 4.98 Å². The second kappa shape index (κ2) is 7.75. The number of likely N-dealkylation sites (tertiary alicyclic amines) is 1. The fourth-order valence-electron chi connectivity index (χ4n) is 4.25. The maximum Gasteiger partial charge on any atom is 0.407 e. The molecular weight excluding hydrogens is 402 g/mol. The van der Waals surface area contributed by atoms with Gasteiger partial charge in [-0.15, -0.1) is 0 Å². The topological polar surface area (TPSA) is 119 Å². The predicted octanol–water partition coefficient (Wildman–Crippen LogP) is 4.44. The van der Waals surface area contributed by atoms with Gasteiger partial charge in [-0.25, -0.2) is 4.79 Å². The van der Waals surface area contributed by atoms with Crippen LogP contribution in [-0.2, 0) is 0 Å². The number of rotatable bonds is 4. The Labute approximate surface area is 179 Å². The number of anilines is 3. The van der Waals surface area contributed by atoms with Crippen molar-refractivity contribution >= 4 is 45.4 Å². The summed E-state index contributed by atoms with van der Waals surface area (Å²) in [5.74, 6) is 1.16. The van der Waals surface area contributed by atoms with E-state index in [1.165, 1.54) is 11.5 Å². The van der Waals surface area contributed by atoms with Crippen molar-refractivity contribution in [1.29, 1.82) is 0 Å². The van der Waals surface area contributed by atoms with Gasteiger partial charge in [0.2, 0.25) is 5.95 Å². The van der Waals surface area contributed by atoms with Crippen molar-refractivity contribution in [3.8, 4) is 0 Å². The number of piperidine rings is 1. The van der Waals surface area contributed by atoms with E-state index < -0.39 is 6.09 Å². The highest BCUT2D eigenvalue weighted by atomic mass is 32.1. The number of aryl methyl sites for hydroxylation is 1. The SMILES string of the molecule is Cc1cc(Nc2nc(NC3CCCN(C(=O)O)C3C(C)(C)C)c3cc[nH]c3n2)sn1. The summed E-state index contributed by atoms with van der Waals surface area (Å²) in [6.07, 6.45) is 2.64. The van der Waals surface area contributed by atoms with Gasteiger partial charge in [0, 0.05) is 18.8 Å². The van der Waals surface area contributed by atoms with Gasteiger partial charge in [-0.05, 0) is 48.8 Å². The molecule has 0 aromatic carbocycles. The van der Waals surface area contributed by atoms with Gasteiger partial charge in [0.25, 0.3) is 0 Å². The molecule has 4 heterocycles. The van der Waals surface area contributed by atoms with Crippen LogP contribution in [0.4, 0.5) is 21.6 Å². The number of nitrogens with one attached hydrogen (secondary N) is 3. The van der Waals surface area contributed by atoms with E-state index in [2.05, 4.69) is 45.7 Å². The molecule has 160 valence electrons. The van der Waals surface area contributed by atoms with Gasteiger partial charge >= 0.3 is 6.09 Å². The fraction of sp³-hybridized carbons (Fsp3) is 0.500. The number of H-pyrrole nitrogens is 1. The number of aromatic amines is 1. The first kappa shape index (κ1) is 20.4. The first-order chi connectivity index (χ1) is 14.2. The Hall–Kier alpha value is -2.88. The number of fused-ring (bicyclic) bond motifs is 1. The van der Waals surface area contributed by atoms with Crippen molar-refractivity contribution in [3.63, 3.8) is 0 Å². The van der Waals surface area contributed by atoms with Gasteiger partial charge in [0.15, 0.2) is 0 Å². The number of nitrogens with zero attached hydrogens (tertiary/aromatic N) is 4. The Bertz CT molecular complexity index is 1060. The Morgan fingerprint density at radius 3 is 2.83 bits per heavy atom. The van der Waals surface area contributed by atoms with Crippen LogP contribution in [0.25, 0.3) is 11.0 Å². The largest absolute Gasteiger partial charge is 0.465 e. The molecule has 1 aliphatic rings. The molecule has 3 aromatic rings. The molecule has 2 atom stereocenters. The lowest BCUT2D eigenvalue weighted by Crippen LogP contribution is -2.58. The molecule has 0 saturated carbocycles. The van der Waals surface area contributed by atoms with Crippen LogP contribution in [-0.4, -0.2) is 54.1 Å². The maximum absolute atomic E-state index is 11.9. The molecular formula is C20H27N7O2S. The number of carbonyl (C=O) groups is 1. The van der Waals surface area contributed by atoms with Crippen LogP contribution in [0.3, 0.4) is 0 Å². The van der Waals surface area contributed by atoms with Crippen molar-refractivity contribution in [2.75, 3.05) is 17.2 Å². The molecule has 1 saturated heterocycles. The highest BCUT2D eigenvalue weighted by Gasteiger charge is 2.42. The smallest absolute Gasteiger partial charge is 0.407 e. The number of hydrogen-bond donors (Lipinski definition) is 4. The lowest BCUT2D eigenvalue weighted by atomic mass is 9.77. The van der Waals surface area contributed by atoms with Crippen LogP contribution in [0.5, 0.6) is 0 Å². The van der Waals surface area contributed by atoms with Gasteiger partial charge in [-0.3, -0.25) is 0 Å².